The van der Waals surface area contributed by atoms with E-state index in [1.807, 2.05) is 42.4 Å². The van der Waals surface area contributed by atoms with Gasteiger partial charge in [-0.15, -0.1) is 0 Å². The van der Waals surface area contributed by atoms with Crippen molar-refractivity contribution in [1.82, 2.24) is 0 Å². The van der Waals surface area contributed by atoms with Gasteiger partial charge in [0.2, 0.25) is 5.69 Å². The van der Waals surface area contributed by atoms with Crippen molar-refractivity contribution in [2.45, 2.75) is 89.7 Å². The van der Waals surface area contributed by atoms with E-state index in [1.165, 1.54) is 32.4 Å². The highest BCUT2D eigenvalue weighted by atomic mass is 32.2. The van der Waals surface area contributed by atoms with Crippen LogP contribution in [0.15, 0.2) is 104 Å². The minimum atomic E-state index is -5.29. The largest absolute Gasteiger partial charge is 0.744 e. The fourth-order valence-electron chi connectivity index (χ4n) is 9.92. The van der Waals surface area contributed by atoms with Crippen LogP contribution in [0.1, 0.15) is 70.4 Å². The molecule has 0 radical (unpaired) electrons. The number of aliphatic carboxylic acids is 1. The fraction of sp³-hybridized carbons (Fsp3) is 0.429. The monoisotopic (exact) mass is 1090 g/mol. The van der Waals surface area contributed by atoms with Crippen LogP contribution >= 0.6 is 0 Å². The molecular formula is C49H60N2O18S4. The summed E-state index contributed by atoms with van der Waals surface area (Å²) in [5.41, 5.74) is 1.38. The van der Waals surface area contributed by atoms with Gasteiger partial charge in [0.1, 0.15) is 21.6 Å². The maximum atomic E-state index is 12.7. The van der Waals surface area contributed by atoms with E-state index >= 15 is 0 Å². The van der Waals surface area contributed by atoms with Crippen molar-refractivity contribution in [2.24, 2.45) is 0 Å². The summed E-state index contributed by atoms with van der Waals surface area (Å²) in [4.78, 5) is 10.3. The van der Waals surface area contributed by atoms with Crippen LogP contribution in [0.4, 0.5) is 11.4 Å². The molecule has 0 bridgehead atoms. The Morgan fingerprint density at radius 3 is 1.78 bits per heavy atom. The van der Waals surface area contributed by atoms with E-state index in [9.17, 15) is 61.8 Å². The van der Waals surface area contributed by atoms with E-state index < -0.39 is 76.9 Å². The SMILES string of the molecule is CCN1C(=CC=CC=CC2=[N+](CCCCCC(=O)O)c3ccc4c(S(=O)(=O)[O-])cc(S(=O)(=O)O)cc4c3C2(C)CCOCCOC)C(C)(CCOCCOC)c2c1ccc1c(S(=O)(=O)O)cc(S(=O)(=O)O)cc21. The van der Waals surface area contributed by atoms with Crippen LogP contribution in [0.3, 0.4) is 0 Å². The van der Waals surface area contributed by atoms with Crippen molar-refractivity contribution < 1.29 is 85.3 Å². The third-order valence-electron chi connectivity index (χ3n) is 13.3. The lowest BCUT2D eigenvalue weighted by atomic mass is 9.75. The third-order valence-corrected chi connectivity index (χ3v) is 16.7. The van der Waals surface area contributed by atoms with E-state index in [0.29, 0.717) is 85.0 Å². The number of benzene rings is 4. The predicted octanol–water partition coefficient (Wildman–Crippen LogP) is 6.54. The van der Waals surface area contributed by atoms with Crippen molar-refractivity contribution in [1.29, 1.82) is 0 Å². The highest BCUT2D eigenvalue weighted by molar-refractivity contribution is 7.87. The van der Waals surface area contributed by atoms with Crippen LogP contribution in [0.2, 0.25) is 0 Å². The van der Waals surface area contributed by atoms with Crippen molar-refractivity contribution >= 4 is 85.1 Å². The number of likely N-dealkylation sites (N-methyl/N-ethyl adjacent to an activating group) is 1. The number of carboxylic acids is 1. The number of nitrogens with zero attached hydrogens (tertiary/aromatic N) is 2. The topological polar surface area (TPSA) is 301 Å². The lowest BCUT2D eigenvalue weighted by molar-refractivity contribution is -0.438. The van der Waals surface area contributed by atoms with Gasteiger partial charge in [0.25, 0.3) is 30.4 Å². The first-order valence-corrected chi connectivity index (χ1v) is 28.9. The van der Waals surface area contributed by atoms with Gasteiger partial charge in [-0.2, -0.15) is 29.8 Å². The van der Waals surface area contributed by atoms with Gasteiger partial charge in [0.05, 0.1) is 46.5 Å². The normalized spacial score (nSPS) is 19.1. The zero-order valence-corrected chi connectivity index (χ0v) is 44.2. The molecule has 2 aliphatic rings. The Hall–Kier alpha value is -4.96. The predicted molar refractivity (Wildman–Crippen MR) is 270 cm³/mol. The van der Waals surface area contributed by atoms with Gasteiger partial charge in [-0.25, -0.2) is 8.42 Å². The van der Waals surface area contributed by atoms with E-state index in [4.69, 9.17) is 18.9 Å². The summed E-state index contributed by atoms with van der Waals surface area (Å²) in [6.45, 7) is 7.77. The Kier molecular flexibility index (Phi) is 18.0. The van der Waals surface area contributed by atoms with Crippen molar-refractivity contribution in [3.63, 3.8) is 0 Å². The van der Waals surface area contributed by atoms with Gasteiger partial charge in [-0.1, -0.05) is 24.3 Å². The summed E-state index contributed by atoms with van der Waals surface area (Å²) in [6.07, 6.45) is 10.8. The lowest BCUT2D eigenvalue weighted by Gasteiger charge is -2.30. The Balaban J connectivity index is 1.53. The molecule has 24 heteroatoms. The minimum Gasteiger partial charge on any atom is -0.744 e. The number of hydrogen-bond donors (Lipinski definition) is 4. The molecule has 73 heavy (non-hydrogen) atoms. The van der Waals surface area contributed by atoms with Crippen LogP contribution < -0.4 is 4.90 Å². The molecule has 20 nitrogen and oxygen atoms in total. The molecule has 0 amide bonds. The smallest absolute Gasteiger partial charge is 0.303 e. The molecule has 2 heterocycles. The van der Waals surface area contributed by atoms with Gasteiger partial charge in [0, 0.05) is 92.1 Å². The van der Waals surface area contributed by atoms with Crippen LogP contribution in [-0.2, 0) is 75.0 Å². The van der Waals surface area contributed by atoms with Crippen molar-refractivity contribution in [3.8, 4) is 0 Å². The summed E-state index contributed by atoms with van der Waals surface area (Å²) < 4.78 is 169. The minimum absolute atomic E-state index is 0.0250. The Morgan fingerprint density at radius 2 is 1.23 bits per heavy atom. The molecule has 0 saturated carbocycles. The van der Waals surface area contributed by atoms with E-state index in [1.54, 1.807) is 30.4 Å². The highest BCUT2D eigenvalue weighted by Crippen LogP contribution is 2.54. The van der Waals surface area contributed by atoms with E-state index in [0.717, 1.165) is 6.07 Å². The van der Waals surface area contributed by atoms with Crippen LogP contribution in [0, 0.1) is 0 Å². The summed E-state index contributed by atoms with van der Waals surface area (Å²) in [5.74, 6) is -0.945. The first-order chi connectivity index (χ1) is 34.2. The summed E-state index contributed by atoms with van der Waals surface area (Å²) in [7, 11) is -17.2. The van der Waals surface area contributed by atoms with Crippen LogP contribution in [-0.4, -0.2) is 140 Å². The van der Waals surface area contributed by atoms with Gasteiger partial charge < -0.3 is 33.5 Å². The second kappa shape index (κ2) is 22.9. The van der Waals surface area contributed by atoms with Crippen molar-refractivity contribution in [3.05, 3.63) is 95.7 Å². The number of unbranched alkanes of at least 4 members (excludes halogenated alkanes) is 2. The number of hydrogen-bond acceptors (Lipinski definition) is 15. The average molecular weight is 1090 g/mol. The first-order valence-electron chi connectivity index (χ1n) is 23.2. The molecule has 0 saturated heterocycles. The van der Waals surface area contributed by atoms with Crippen LogP contribution in [0.5, 0.6) is 0 Å². The summed E-state index contributed by atoms with van der Waals surface area (Å²) in [5, 5.41) is 9.52. The molecule has 2 unspecified atom stereocenters. The molecule has 4 N–H and O–H groups in total. The number of methoxy groups -OCH3 is 2. The molecule has 398 valence electrons. The molecular weight excluding hydrogens is 1030 g/mol. The summed E-state index contributed by atoms with van der Waals surface area (Å²) >= 11 is 0. The maximum Gasteiger partial charge on any atom is 0.303 e. The highest BCUT2D eigenvalue weighted by Gasteiger charge is 2.49. The quantitative estimate of drug-likeness (QED) is 0.0224. The molecule has 0 fully saturated rings. The third kappa shape index (κ3) is 12.4. The zero-order chi connectivity index (χ0) is 53.7. The van der Waals surface area contributed by atoms with Gasteiger partial charge >= 0.3 is 5.97 Å². The second-order valence-electron chi connectivity index (χ2n) is 18.0. The molecule has 0 aromatic heterocycles. The number of ether oxygens (including phenoxy) is 4. The fourth-order valence-corrected chi connectivity index (χ4v) is 12.6. The molecule has 6 rings (SSSR count). The maximum absolute atomic E-state index is 12.7. The Bertz CT molecular complexity index is 3370. The van der Waals surface area contributed by atoms with E-state index in [2.05, 4.69) is 0 Å². The zero-order valence-electron chi connectivity index (χ0n) is 40.9. The molecule has 4 aromatic rings. The first kappa shape index (κ1) is 57.3. The standard InChI is InChI=1S/C49H60N2O18S4/c1-6-50-39-18-16-35-37(29-33(70(54,55)56)31-41(35)72(60,61)62)46(39)48(2,20-23-68-27-25-66-4)43(50)13-9-7-10-14-44-49(3,21-24-69-28-26-67-5)47-38-30-34(71(57,58)59)32-42(73(63,64)65)36(38)17-19-40(47)51(44)22-12-8-11-15-45(52)53/h7,9-10,13-14,16-19,29-32H,6,8,11-12,15,20-28H2,1-5H3,(H4-,52,53,54,55,56,57,58,59,60,61,62,63,64,65). The summed E-state index contributed by atoms with van der Waals surface area (Å²) in [6, 6.07) is 9.85. The number of carbonyl (C=O) groups is 1. The van der Waals surface area contributed by atoms with Gasteiger partial charge in [-0.05, 0) is 105 Å². The van der Waals surface area contributed by atoms with Gasteiger partial charge in [0.15, 0.2) is 5.71 Å². The number of allylic oxidation sites excluding steroid dienone is 6. The van der Waals surface area contributed by atoms with Crippen molar-refractivity contribution in [2.75, 3.05) is 71.9 Å². The lowest BCUT2D eigenvalue weighted by Crippen LogP contribution is -2.33. The molecule has 2 atom stereocenters. The molecule has 0 aliphatic carbocycles. The molecule has 4 aromatic carbocycles. The molecule has 0 spiro atoms. The number of anilines is 1. The number of carboxylic acid groups (broad SMARTS) is 1. The molecule has 2 aliphatic heterocycles. The van der Waals surface area contributed by atoms with Crippen LogP contribution in [0.25, 0.3) is 21.5 Å². The van der Waals surface area contributed by atoms with E-state index in [-0.39, 0.29) is 73.8 Å². The number of fused-ring (bicyclic) bond motifs is 6. The second-order valence-corrected chi connectivity index (χ2v) is 23.6. The number of rotatable bonds is 26. The van der Waals surface area contributed by atoms with Gasteiger partial charge in [-0.3, -0.25) is 18.5 Å². The Labute approximate surface area is 425 Å². The average Bonchev–Trinajstić information content (AvgIpc) is 3.69. The Morgan fingerprint density at radius 1 is 0.671 bits per heavy atom.